The number of aryl methyl sites for hydroxylation is 1. The van der Waals surface area contributed by atoms with E-state index in [0.29, 0.717) is 5.92 Å². The first kappa shape index (κ1) is 10.8. The fourth-order valence-electron chi connectivity index (χ4n) is 1.51. The fraction of sp³-hybridized carbons (Fsp3) is 0.462. The molecule has 0 spiro atoms. The van der Waals surface area contributed by atoms with Gasteiger partial charge in [0.2, 0.25) is 0 Å². The maximum atomic E-state index is 8.92. The van der Waals surface area contributed by atoms with Crippen molar-refractivity contribution in [3.63, 3.8) is 0 Å². The van der Waals surface area contributed by atoms with E-state index in [1.165, 1.54) is 5.56 Å². The van der Waals surface area contributed by atoms with Crippen LogP contribution in [0.5, 0.6) is 0 Å². The molecule has 0 bridgehead atoms. The SMILES string of the molecule is CC(C)C(C#N)CCc1ccccc1. The van der Waals surface area contributed by atoms with Crippen molar-refractivity contribution in [2.24, 2.45) is 11.8 Å². The van der Waals surface area contributed by atoms with Crippen LogP contribution >= 0.6 is 0 Å². The maximum Gasteiger partial charge on any atom is 0.0658 e. The molecule has 0 fully saturated rings. The molecule has 1 unspecified atom stereocenters. The zero-order chi connectivity index (χ0) is 10.4. The van der Waals surface area contributed by atoms with Gasteiger partial charge in [-0.15, -0.1) is 0 Å². The normalized spacial score (nSPS) is 12.4. The van der Waals surface area contributed by atoms with Crippen LogP contribution in [0.25, 0.3) is 0 Å². The lowest BCUT2D eigenvalue weighted by atomic mass is 9.91. The second-order valence-corrected chi connectivity index (χ2v) is 4.00. The first-order chi connectivity index (χ1) is 6.74. The highest BCUT2D eigenvalue weighted by molar-refractivity contribution is 5.14. The molecule has 1 heteroatoms. The maximum absolute atomic E-state index is 8.92. The van der Waals surface area contributed by atoms with E-state index >= 15 is 0 Å². The number of rotatable bonds is 4. The number of nitriles is 1. The topological polar surface area (TPSA) is 23.8 Å². The van der Waals surface area contributed by atoms with Crippen molar-refractivity contribution < 1.29 is 0 Å². The highest BCUT2D eigenvalue weighted by atomic mass is 14.3. The third kappa shape index (κ3) is 3.22. The lowest BCUT2D eigenvalue weighted by molar-refractivity contribution is 0.447. The van der Waals surface area contributed by atoms with Crippen molar-refractivity contribution in [3.8, 4) is 6.07 Å². The van der Waals surface area contributed by atoms with Gasteiger partial charge in [0.1, 0.15) is 0 Å². The van der Waals surface area contributed by atoms with Gasteiger partial charge < -0.3 is 0 Å². The van der Waals surface area contributed by atoms with E-state index in [-0.39, 0.29) is 5.92 Å². The molecule has 14 heavy (non-hydrogen) atoms. The minimum atomic E-state index is 0.190. The Morgan fingerprint density at radius 2 is 1.86 bits per heavy atom. The molecule has 0 aromatic heterocycles. The summed E-state index contributed by atoms with van der Waals surface area (Å²) >= 11 is 0. The monoisotopic (exact) mass is 187 g/mol. The van der Waals surface area contributed by atoms with E-state index in [9.17, 15) is 0 Å². The minimum absolute atomic E-state index is 0.190. The summed E-state index contributed by atoms with van der Waals surface area (Å²) in [6.07, 6.45) is 1.98. The Morgan fingerprint density at radius 1 is 1.21 bits per heavy atom. The van der Waals surface area contributed by atoms with Gasteiger partial charge in [0.05, 0.1) is 6.07 Å². The van der Waals surface area contributed by atoms with Gasteiger partial charge in [-0.1, -0.05) is 44.2 Å². The summed E-state index contributed by atoms with van der Waals surface area (Å²) < 4.78 is 0. The molecule has 1 nitrogen and oxygen atoms in total. The van der Waals surface area contributed by atoms with E-state index in [2.05, 4.69) is 32.0 Å². The van der Waals surface area contributed by atoms with E-state index in [1.54, 1.807) is 0 Å². The van der Waals surface area contributed by atoms with Gasteiger partial charge in [-0.05, 0) is 24.3 Å². The van der Waals surface area contributed by atoms with E-state index in [4.69, 9.17) is 5.26 Å². The van der Waals surface area contributed by atoms with Crippen LogP contribution in [0.3, 0.4) is 0 Å². The van der Waals surface area contributed by atoms with Crippen molar-refractivity contribution >= 4 is 0 Å². The van der Waals surface area contributed by atoms with Gasteiger partial charge in [0.25, 0.3) is 0 Å². The summed E-state index contributed by atoms with van der Waals surface area (Å²) in [6.45, 7) is 4.22. The van der Waals surface area contributed by atoms with Crippen molar-refractivity contribution in [2.75, 3.05) is 0 Å². The van der Waals surface area contributed by atoms with E-state index < -0.39 is 0 Å². The molecule has 0 radical (unpaired) electrons. The summed E-state index contributed by atoms with van der Waals surface area (Å²) in [4.78, 5) is 0. The standard InChI is InChI=1S/C13H17N/c1-11(2)13(10-14)9-8-12-6-4-3-5-7-12/h3-7,11,13H,8-9H2,1-2H3. The Kier molecular flexibility index (Phi) is 4.19. The molecule has 1 aromatic carbocycles. The van der Waals surface area contributed by atoms with Crippen LogP contribution in [0.4, 0.5) is 0 Å². The number of hydrogen-bond donors (Lipinski definition) is 0. The average molecular weight is 187 g/mol. The van der Waals surface area contributed by atoms with E-state index in [0.717, 1.165) is 12.8 Å². The van der Waals surface area contributed by atoms with Crippen molar-refractivity contribution in [2.45, 2.75) is 26.7 Å². The Morgan fingerprint density at radius 3 is 2.36 bits per heavy atom. The molecule has 0 saturated heterocycles. The molecule has 0 aliphatic carbocycles. The first-order valence-electron chi connectivity index (χ1n) is 5.17. The van der Waals surface area contributed by atoms with Gasteiger partial charge >= 0.3 is 0 Å². The van der Waals surface area contributed by atoms with Gasteiger partial charge in [-0.3, -0.25) is 0 Å². The third-order valence-electron chi connectivity index (χ3n) is 2.56. The largest absolute Gasteiger partial charge is 0.198 e. The van der Waals surface area contributed by atoms with Crippen molar-refractivity contribution in [1.82, 2.24) is 0 Å². The fourth-order valence-corrected chi connectivity index (χ4v) is 1.51. The summed E-state index contributed by atoms with van der Waals surface area (Å²) in [5.41, 5.74) is 1.33. The summed E-state index contributed by atoms with van der Waals surface area (Å²) in [5, 5.41) is 8.92. The lowest BCUT2D eigenvalue weighted by Gasteiger charge is -2.12. The van der Waals surface area contributed by atoms with Crippen LogP contribution in [0, 0.1) is 23.2 Å². The third-order valence-corrected chi connectivity index (χ3v) is 2.56. The van der Waals surface area contributed by atoms with Crippen LogP contribution in [0.15, 0.2) is 30.3 Å². The zero-order valence-corrected chi connectivity index (χ0v) is 8.90. The summed E-state index contributed by atoms with van der Waals surface area (Å²) in [5.74, 6) is 0.652. The van der Waals surface area contributed by atoms with Gasteiger partial charge in [0, 0.05) is 5.92 Å². The molecule has 0 heterocycles. The Labute approximate surface area is 86.4 Å². The zero-order valence-electron chi connectivity index (χ0n) is 8.90. The van der Waals surface area contributed by atoms with Crippen molar-refractivity contribution in [3.05, 3.63) is 35.9 Å². The molecule has 1 rings (SSSR count). The minimum Gasteiger partial charge on any atom is -0.198 e. The molecule has 74 valence electrons. The van der Waals surface area contributed by atoms with Gasteiger partial charge in [-0.25, -0.2) is 0 Å². The second kappa shape index (κ2) is 5.44. The predicted octanol–water partition coefficient (Wildman–Crippen LogP) is 3.41. The van der Waals surface area contributed by atoms with Gasteiger partial charge in [0.15, 0.2) is 0 Å². The van der Waals surface area contributed by atoms with E-state index in [1.807, 2.05) is 18.2 Å². The number of benzene rings is 1. The molecule has 0 aliphatic rings. The Hall–Kier alpha value is -1.29. The molecule has 0 saturated carbocycles. The molecule has 1 atom stereocenters. The molecule has 1 aromatic rings. The molecule has 0 amide bonds. The lowest BCUT2D eigenvalue weighted by Crippen LogP contribution is -2.07. The Balaban J connectivity index is 2.45. The molecular weight excluding hydrogens is 170 g/mol. The van der Waals surface area contributed by atoms with Crippen LogP contribution in [-0.2, 0) is 6.42 Å². The first-order valence-corrected chi connectivity index (χ1v) is 5.17. The van der Waals surface area contributed by atoms with Crippen LogP contribution < -0.4 is 0 Å². The summed E-state index contributed by atoms with van der Waals surface area (Å²) in [7, 11) is 0. The highest BCUT2D eigenvalue weighted by Crippen LogP contribution is 2.16. The molecule has 0 N–H and O–H groups in total. The number of nitrogens with zero attached hydrogens (tertiary/aromatic N) is 1. The average Bonchev–Trinajstić information content (AvgIpc) is 2.20. The molecule has 0 aliphatic heterocycles. The smallest absolute Gasteiger partial charge is 0.0658 e. The molecular formula is C13H17N. The quantitative estimate of drug-likeness (QED) is 0.708. The second-order valence-electron chi connectivity index (χ2n) is 4.00. The highest BCUT2D eigenvalue weighted by Gasteiger charge is 2.11. The van der Waals surface area contributed by atoms with Crippen LogP contribution in [0.2, 0.25) is 0 Å². The Bertz CT molecular complexity index is 295. The van der Waals surface area contributed by atoms with Crippen LogP contribution in [-0.4, -0.2) is 0 Å². The predicted molar refractivity (Wildman–Crippen MR) is 58.7 cm³/mol. The number of hydrogen-bond acceptors (Lipinski definition) is 1. The summed E-state index contributed by atoms with van der Waals surface area (Å²) in [6, 6.07) is 12.7. The van der Waals surface area contributed by atoms with Gasteiger partial charge in [-0.2, -0.15) is 5.26 Å². The van der Waals surface area contributed by atoms with Crippen molar-refractivity contribution in [1.29, 1.82) is 5.26 Å². The van der Waals surface area contributed by atoms with Crippen LogP contribution in [0.1, 0.15) is 25.8 Å².